The molecule has 2 rings (SSSR count). The second-order valence-corrected chi connectivity index (χ2v) is 5.33. The van der Waals surface area contributed by atoms with E-state index in [1.165, 1.54) is 35.6 Å². The van der Waals surface area contributed by atoms with Crippen LogP contribution in [0.4, 0.5) is 0 Å². The van der Waals surface area contributed by atoms with Crippen molar-refractivity contribution in [1.82, 2.24) is 5.32 Å². The van der Waals surface area contributed by atoms with Crippen molar-refractivity contribution in [2.45, 2.75) is 52.1 Å². The van der Waals surface area contributed by atoms with Gasteiger partial charge in [-0.05, 0) is 35.6 Å². The average molecular weight is 255 g/mol. The van der Waals surface area contributed by atoms with Gasteiger partial charge >= 0.3 is 0 Å². The molecule has 102 valence electrons. The van der Waals surface area contributed by atoms with Gasteiger partial charge in [0.1, 0.15) is 0 Å². The number of rotatable bonds is 6. The molecule has 0 aliphatic carbocycles. The molecule has 1 heteroatoms. The number of hydrogen-bond donors (Lipinski definition) is 1. The van der Waals surface area contributed by atoms with Crippen molar-refractivity contribution in [2.24, 2.45) is 0 Å². The van der Waals surface area contributed by atoms with E-state index in [2.05, 4.69) is 68.6 Å². The van der Waals surface area contributed by atoms with E-state index in [0.29, 0.717) is 0 Å². The first-order valence-corrected chi connectivity index (χ1v) is 7.46. The molecular formula is C18H25N. The summed E-state index contributed by atoms with van der Waals surface area (Å²) in [5.74, 6) is 0. The van der Waals surface area contributed by atoms with Gasteiger partial charge in [-0.25, -0.2) is 0 Å². The normalized spacial score (nSPS) is 11.9. The lowest BCUT2D eigenvalue weighted by atomic mass is 9.89. The molecule has 0 fully saturated rings. The summed E-state index contributed by atoms with van der Waals surface area (Å²) in [6.45, 7) is 7.80. The lowest BCUT2D eigenvalue weighted by molar-refractivity contribution is 0.288. The molecule has 0 aromatic heterocycles. The highest BCUT2D eigenvalue weighted by atomic mass is 15.0. The molecule has 0 bridgehead atoms. The monoisotopic (exact) mass is 255 g/mol. The Hall–Kier alpha value is -1.34. The van der Waals surface area contributed by atoms with Gasteiger partial charge in [-0.1, -0.05) is 63.2 Å². The minimum absolute atomic E-state index is 0.289. The first-order chi connectivity index (χ1) is 9.24. The Morgan fingerprint density at radius 2 is 1.47 bits per heavy atom. The highest BCUT2D eigenvalue weighted by Crippen LogP contribution is 2.22. The average Bonchev–Trinajstić information content (AvgIpc) is 2.49. The molecule has 1 N–H and O–H groups in total. The maximum atomic E-state index is 3.79. The third kappa shape index (κ3) is 2.98. The highest BCUT2D eigenvalue weighted by molar-refractivity contribution is 5.85. The van der Waals surface area contributed by atoms with Crippen LogP contribution in [0.3, 0.4) is 0 Å². The van der Waals surface area contributed by atoms with E-state index in [0.717, 1.165) is 6.54 Å². The first kappa shape index (κ1) is 14.1. The molecule has 0 spiro atoms. The van der Waals surface area contributed by atoms with Crippen molar-refractivity contribution in [2.75, 3.05) is 0 Å². The molecule has 0 amide bonds. The fraction of sp³-hybridized carbons (Fsp3) is 0.444. The number of nitrogens with one attached hydrogen (secondary N) is 1. The Morgan fingerprint density at radius 3 is 2.16 bits per heavy atom. The second kappa shape index (κ2) is 6.21. The molecular weight excluding hydrogens is 230 g/mol. The molecule has 19 heavy (non-hydrogen) atoms. The van der Waals surface area contributed by atoms with Crippen molar-refractivity contribution in [1.29, 1.82) is 0 Å². The summed E-state index contributed by atoms with van der Waals surface area (Å²) in [6, 6.07) is 15.2. The predicted molar refractivity (Wildman–Crippen MR) is 84.4 cm³/mol. The minimum atomic E-state index is 0.289. The molecule has 1 nitrogen and oxygen atoms in total. The fourth-order valence-corrected chi connectivity index (χ4v) is 2.85. The van der Waals surface area contributed by atoms with Crippen LogP contribution in [0.1, 0.15) is 45.6 Å². The molecule has 0 saturated heterocycles. The Kier molecular flexibility index (Phi) is 4.60. The third-order valence-corrected chi connectivity index (χ3v) is 4.56. The largest absolute Gasteiger partial charge is 0.307 e. The van der Waals surface area contributed by atoms with Crippen LogP contribution in [0, 0.1) is 0 Å². The van der Waals surface area contributed by atoms with E-state index in [1.807, 2.05) is 0 Å². The van der Waals surface area contributed by atoms with Crippen LogP contribution < -0.4 is 5.32 Å². The summed E-state index contributed by atoms with van der Waals surface area (Å²) in [5, 5.41) is 6.49. The topological polar surface area (TPSA) is 12.0 Å². The molecule has 0 heterocycles. The van der Waals surface area contributed by atoms with Crippen molar-refractivity contribution >= 4 is 10.8 Å². The summed E-state index contributed by atoms with van der Waals surface area (Å²) in [5.41, 5.74) is 1.69. The summed E-state index contributed by atoms with van der Waals surface area (Å²) < 4.78 is 0. The van der Waals surface area contributed by atoms with Crippen molar-refractivity contribution < 1.29 is 0 Å². The van der Waals surface area contributed by atoms with Crippen LogP contribution in [-0.4, -0.2) is 5.54 Å². The first-order valence-electron chi connectivity index (χ1n) is 7.46. The highest BCUT2D eigenvalue weighted by Gasteiger charge is 2.22. The maximum Gasteiger partial charge on any atom is 0.0216 e. The van der Waals surface area contributed by atoms with E-state index in [-0.39, 0.29) is 5.54 Å². The molecule has 0 aliphatic rings. The molecule has 2 aromatic rings. The lowest BCUT2D eigenvalue weighted by Crippen LogP contribution is -2.43. The minimum Gasteiger partial charge on any atom is -0.307 e. The Labute approximate surface area is 117 Å². The zero-order chi connectivity index (χ0) is 13.7. The fourth-order valence-electron chi connectivity index (χ4n) is 2.85. The van der Waals surface area contributed by atoms with E-state index in [9.17, 15) is 0 Å². The zero-order valence-corrected chi connectivity index (χ0v) is 12.4. The molecule has 0 atom stereocenters. The van der Waals surface area contributed by atoms with Crippen LogP contribution in [0.15, 0.2) is 42.5 Å². The van der Waals surface area contributed by atoms with Gasteiger partial charge in [0.15, 0.2) is 0 Å². The molecule has 0 saturated carbocycles. The molecule has 0 aliphatic heterocycles. The lowest BCUT2D eigenvalue weighted by Gasteiger charge is -2.32. The zero-order valence-electron chi connectivity index (χ0n) is 12.4. The summed E-state index contributed by atoms with van der Waals surface area (Å²) >= 11 is 0. The predicted octanol–water partition coefficient (Wildman–Crippen LogP) is 4.90. The van der Waals surface area contributed by atoms with E-state index in [1.54, 1.807) is 0 Å². The summed E-state index contributed by atoms with van der Waals surface area (Å²) in [6.07, 6.45) is 3.56. The number of benzene rings is 2. The van der Waals surface area contributed by atoms with Gasteiger partial charge in [-0.3, -0.25) is 0 Å². The van der Waals surface area contributed by atoms with Crippen LogP contribution in [0.5, 0.6) is 0 Å². The molecule has 0 unspecified atom stereocenters. The third-order valence-electron chi connectivity index (χ3n) is 4.56. The van der Waals surface area contributed by atoms with Crippen LogP contribution in [-0.2, 0) is 6.54 Å². The van der Waals surface area contributed by atoms with Gasteiger partial charge in [-0.15, -0.1) is 0 Å². The van der Waals surface area contributed by atoms with Gasteiger partial charge in [0, 0.05) is 12.1 Å². The van der Waals surface area contributed by atoms with Gasteiger partial charge in [0.05, 0.1) is 0 Å². The summed E-state index contributed by atoms with van der Waals surface area (Å²) in [4.78, 5) is 0. The maximum absolute atomic E-state index is 3.79. The number of fused-ring (bicyclic) bond motifs is 1. The molecule has 0 radical (unpaired) electrons. The van der Waals surface area contributed by atoms with E-state index >= 15 is 0 Å². The Morgan fingerprint density at radius 1 is 0.842 bits per heavy atom. The van der Waals surface area contributed by atoms with Crippen molar-refractivity contribution in [3.8, 4) is 0 Å². The van der Waals surface area contributed by atoms with Crippen molar-refractivity contribution in [3.05, 3.63) is 48.0 Å². The van der Waals surface area contributed by atoms with Gasteiger partial charge in [0.25, 0.3) is 0 Å². The smallest absolute Gasteiger partial charge is 0.0216 e. The molecule has 2 aromatic carbocycles. The Balaban J connectivity index is 2.22. The summed E-state index contributed by atoms with van der Waals surface area (Å²) in [7, 11) is 0. The van der Waals surface area contributed by atoms with Crippen molar-refractivity contribution in [3.63, 3.8) is 0 Å². The van der Waals surface area contributed by atoms with Crippen LogP contribution >= 0.6 is 0 Å². The quantitative estimate of drug-likeness (QED) is 0.774. The van der Waals surface area contributed by atoms with E-state index < -0.39 is 0 Å². The number of hydrogen-bond acceptors (Lipinski definition) is 1. The van der Waals surface area contributed by atoms with Gasteiger partial charge < -0.3 is 5.32 Å². The van der Waals surface area contributed by atoms with Crippen LogP contribution in [0.25, 0.3) is 10.8 Å². The van der Waals surface area contributed by atoms with E-state index in [4.69, 9.17) is 0 Å². The second-order valence-electron chi connectivity index (χ2n) is 5.33. The van der Waals surface area contributed by atoms with Gasteiger partial charge in [-0.2, -0.15) is 0 Å². The SMILES string of the molecule is CCC(CC)(CC)NCc1cccc2ccccc12. The van der Waals surface area contributed by atoms with Gasteiger partial charge in [0.2, 0.25) is 0 Å². The Bertz CT molecular complexity index is 512. The standard InChI is InChI=1S/C18H25N/c1-4-18(5-2,6-3)19-14-16-12-9-11-15-10-7-8-13-17(15)16/h7-13,19H,4-6,14H2,1-3H3. The van der Waals surface area contributed by atoms with Crippen LogP contribution in [0.2, 0.25) is 0 Å².